The van der Waals surface area contributed by atoms with Crippen LogP contribution in [0.4, 0.5) is 14.6 Å². The van der Waals surface area contributed by atoms with Crippen LogP contribution in [0, 0.1) is 25.5 Å². The molecule has 2 aromatic heterocycles. The number of thiophene rings is 1. The molecule has 160 valence electrons. The van der Waals surface area contributed by atoms with Crippen LogP contribution >= 0.6 is 11.3 Å². The maximum absolute atomic E-state index is 14.0. The number of morpholine rings is 1. The molecule has 1 fully saturated rings. The van der Waals surface area contributed by atoms with E-state index in [9.17, 15) is 13.9 Å². The van der Waals surface area contributed by atoms with Crippen molar-refractivity contribution in [3.05, 3.63) is 51.7 Å². The summed E-state index contributed by atoms with van der Waals surface area (Å²) < 4.78 is 33.4. The third kappa shape index (κ3) is 4.29. The van der Waals surface area contributed by atoms with E-state index in [1.807, 2.05) is 13.8 Å². The van der Waals surface area contributed by atoms with Gasteiger partial charge in [0.15, 0.2) is 0 Å². The number of aromatic nitrogens is 2. The Kier molecular flexibility index (Phi) is 6.24. The number of nitrogens with zero attached hydrogens (tertiary/aromatic N) is 3. The number of halogens is 2. The molecule has 0 saturated carbocycles. The van der Waals surface area contributed by atoms with Gasteiger partial charge < -0.3 is 15.2 Å². The predicted octanol–water partition coefficient (Wildman–Crippen LogP) is 3.56. The van der Waals surface area contributed by atoms with Crippen molar-refractivity contribution in [3.63, 3.8) is 0 Å². The second-order valence-corrected chi connectivity index (χ2v) is 8.58. The molecule has 0 aliphatic carbocycles. The Morgan fingerprint density at radius 1 is 1.20 bits per heavy atom. The smallest absolute Gasteiger partial charge is 0.146 e. The monoisotopic (exact) mass is 434 g/mol. The first-order chi connectivity index (χ1) is 14.4. The number of hydrogen-bond acceptors (Lipinski definition) is 7. The highest BCUT2D eigenvalue weighted by Gasteiger charge is 2.21. The molecule has 0 radical (unpaired) electrons. The third-order valence-corrected chi connectivity index (χ3v) is 6.44. The molecule has 1 saturated heterocycles. The third-order valence-electron chi connectivity index (χ3n) is 5.34. The summed E-state index contributed by atoms with van der Waals surface area (Å²) in [4.78, 5) is 13.6. The Morgan fingerprint density at radius 3 is 2.60 bits per heavy atom. The zero-order valence-electron chi connectivity index (χ0n) is 16.9. The van der Waals surface area contributed by atoms with Crippen molar-refractivity contribution in [2.45, 2.75) is 26.5 Å². The number of aryl methyl sites for hydroxylation is 2. The van der Waals surface area contributed by atoms with E-state index >= 15 is 0 Å². The summed E-state index contributed by atoms with van der Waals surface area (Å²) in [6.45, 7) is 7.55. The van der Waals surface area contributed by atoms with E-state index in [0.29, 0.717) is 31.4 Å². The largest absolute Gasteiger partial charge is 0.386 e. The van der Waals surface area contributed by atoms with Gasteiger partial charge in [-0.1, -0.05) is 6.07 Å². The van der Waals surface area contributed by atoms with Gasteiger partial charge in [-0.2, -0.15) is 0 Å². The van der Waals surface area contributed by atoms with E-state index in [2.05, 4.69) is 15.2 Å². The van der Waals surface area contributed by atoms with Crippen LogP contribution in [0.25, 0.3) is 10.2 Å². The van der Waals surface area contributed by atoms with Crippen molar-refractivity contribution in [3.8, 4) is 0 Å². The van der Waals surface area contributed by atoms with Crippen LogP contribution in [0.3, 0.4) is 0 Å². The zero-order chi connectivity index (χ0) is 21.3. The topological polar surface area (TPSA) is 70.5 Å². The number of anilines is 1. The highest BCUT2D eigenvalue weighted by molar-refractivity contribution is 7.18. The molecular weight excluding hydrogens is 410 g/mol. The van der Waals surface area contributed by atoms with Crippen molar-refractivity contribution < 1.29 is 18.6 Å². The van der Waals surface area contributed by atoms with Crippen LogP contribution in [0.1, 0.15) is 27.9 Å². The Hall–Kier alpha value is -2.20. The minimum Gasteiger partial charge on any atom is -0.386 e. The molecule has 0 amide bonds. The van der Waals surface area contributed by atoms with Crippen LogP contribution < -0.4 is 5.32 Å². The first kappa shape index (κ1) is 21.0. The molecule has 1 aromatic carbocycles. The average Bonchev–Trinajstić information content (AvgIpc) is 3.00. The lowest BCUT2D eigenvalue weighted by Gasteiger charge is -2.26. The predicted molar refractivity (Wildman–Crippen MR) is 113 cm³/mol. The fourth-order valence-corrected chi connectivity index (χ4v) is 4.62. The van der Waals surface area contributed by atoms with E-state index < -0.39 is 17.7 Å². The van der Waals surface area contributed by atoms with Crippen LogP contribution in [0.5, 0.6) is 0 Å². The number of fused-ring (bicyclic) bond motifs is 1. The SMILES string of the molecule is Cc1sc2nc(CN3CCOCC3)nc(NCC(O)c3c(F)cccc3F)c2c1C. The molecular formula is C21H24F2N4O2S. The molecule has 0 bridgehead atoms. The number of nitrogens with one attached hydrogen (secondary N) is 1. The normalized spacial score (nSPS) is 16.2. The lowest BCUT2D eigenvalue weighted by molar-refractivity contribution is 0.0331. The van der Waals surface area contributed by atoms with Crippen molar-refractivity contribution in [2.75, 3.05) is 38.2 Å². The van der Waals surface area contributed by atoms with Gasteiger partial charge in [0, 0.05) is 24.5 Å². The Labute approximate surface area is 177 Å². The second-order valence-electron chi connectivity index (χ2n) is 7.37. The minimum atomic E-state index is -1.35. The minimum absolute atomic E-state index is 0.0741. The van der Waals surface area contributed by atoms with Gasteiger partial charge in [-0.05, 0) is 31.5 Å². The molecule has 0 spiro atoms. The maximum atomic E-state index is 14.0. The van der Waals surface area contributed by atoms with Crippen molar-refractivity contribution in [2.24, 2.45) is 0 Å². The van der Waals surface area contributed by atoms with E-state index in [-0.39, 0.29) is 12.1 Å². The van der Waals surface area contributed by atoms with E-state index in [1.165, 1.54) is 6.07 Å². The molecule has 1 aliphatic rings. The van der Waals surface area contributed by atoms with Gasteiger partial charge in [0.1, 0.15) is 34.2 Å². The van der Waals surface area contributed by atoms with Gasteiger partial charge in [0.2, 0.25) is 0 Å². The molecule has 30 heavy (non-hydrogen) atoms. The number of hydrogen-bond donors (Lipinski definition) is 2. The van der Waals surface area contributed by atoms with Gasteiger partial charge in [-0.25, -0.2) is 18.7 Å². The fraction of sp³-hybridized carbons (Fsp3) is 0.429. The first-order valence-electron chi connectivity index (χ1n) is 9.86. The summed E-state index contributed by atoms with van der Waals surface area (Å²) in [5, 5.41) is 14.4. The molecule has 1 aliphatic heterocycles. The Balaban J connectivity index is 1.61. The van der Waals surface area contributed by atoms with Gasteiger partial charge in [0.25, 0.3) is 0 Å². The highest BCUT2D eigenvalue weighted by Crippen LogP contribution is 2.34. The van der Waals surface area contributed by atoms with Gasteiger partial charge in [-0.15, -0.1) is 11.3 Å². The standard InChI is InChI=1S/C21H24F2N4O2S/c1-12-13(2)30-21-18(12)20(25-17(26-21)11-27-6-8-29-9-7-27)24-10-16(28)19-14(22)4-3-5-15(19)23/h3-5,16,28H,6-11H2,1-2H3,(H,24,25,26). The Bertz CT molecular complexity index is 1030. The van der Waals surface area contributed by atoms with E-state index in [0.717, 1.165) is 45.9 Å². The van der Waals surface area contributed by atoms with Crippen molar-refractivity contribution in [1.29, 1.82) is 0 Å². The number of benzene rings is 1. The van der Waals surface area contributed by atoms with Crippen molar-refractivity contribution in [1.82, 2.24) is 14.9 Å². The number of rotatable bonds is 6. The molecule has 1 unspecified atom stereocenters. The van der Waals surface area contributed by atoms with Crippen LogP contribution in [-0.4, -0.2) is 52.8 Å². The number of ether oxygens (including phenoxy) is 1. The van der Waals surface area contributed by atoms with Gasteiger partial charge in [-0.3, -0.25) is 4.90 Å². The van der Waals surface area contributed by atoms with Crippen LogP contribution in [-0.2, 0) is 11.3 Å². The molecule has 4 rings (SSSR count). The van der Waals surface area contributed by atoms with Crippen LogP contribution in [0.15, 0.2) is 18.2 Å². The summed E-state index contributed by atoms with van der Waals surface area (Å²) in [7, 11) is 0. The molecule has 1 atom stereocenters. The molecule has 3 aromatic rings. The quantitative estimate of drug-likeness (QED) is 0.618. The van der Waals surface area contributed by atoms with Gasteiger partial charge in [0.05, 0.1) is 30.7 Å². The summed E-state index contributed by atoms with van der Waals surface area (Å²) in [6, 6.07) is 3.55. The fourth-order valence-electron chi connectivity index (χ4n) is 3.58. The first-order valence-corrected chi connectivity index (χ1v) is 10.7. The molecule has 2 N–H and O–H groups in total. The lowest BCUT2D eigenvalue weighted by Crippen LogP contribution is -2.36. The summed E-state index contributed by atoms with van der Waals surface area (Å²) >= 11 is 1.59. The summed E-state index contributed by atoms with van der Waals surface area (Å²) in [5.41, 5.74) is 0.712. The average molecular weight is 435 g/mol. The van der Waals surface area contributed by atoms with Crippen LogP contribution in [0.2, 0.25) is 0 Å². The Morgan fingerprint density at radius 2 is 1.90 bits per heavy atom. The van der Waals surface area contributed by atoms with E-state index in [4.69, 9.17) is 9.72 Å². The number of aliphatic hydroxyl groups excluding tert-OH is 1. The van der Waals surface area contributed by atoms with E-state index in [1.54, 1.807) is 11.3 Å². The highest BCUT2D eigenvalue weighted by atomic mass is 32.1. The van der Waals surface area contributed by atoms with Gasteiger partial charge >= 0.3 is 0 Å². The summed E-state index contributed by atoms with van der Waals surface area (Å²) in [6.07, 6.45) is -1.35. The molecule has 9 heteroatoms. The lowest BCUT2D eigenvalue weighted by atomic mass is 10.1. The summed E-state index contributed by atoms with van der Waals surface area (Å²) in [5.74, 6) is -0.305. The second kappa shape index (κ2) is 8.89. The number of aliphatic hydroxyl groups is 1. The zero-order valence-corrected chi connectivity index (χ0v) is 17.7. The molecule has 3 heterocycles. The maximum Gasteiger partial charge on any atom is 0.146 e. The molecule has 6 nitrogen and oxygen atoms in total. The van der Waals surface area contributed by atoms with Crippen molar-refractivity contribution >= 4 is 27.4 Å².